The molecule has 0 amide bonds. The fourth-order valence-electron chi connectivity index (χ4n) is 6.40. The molecule has 0 unspecified atom stereocenters. The molecule has 248 valence electrons. The van der Waals surface area contributed by atoms with Crippen LogP contribution >= 0.6 is 0 Å². The lowest BCUT2D eigenvalue weighted by molar-refractivity contribution is 0.129. The van der Waals surface area contributed by atoms with Gasteiger partial charge >= 0.3 is 0 Å². The maximum absolute atomic E-state index is 2.73. The second-order valence-corrected chi connectivity index (χ2v) is 13.6. The SMILES string of the molecule is CCCCCCCC/C=C\CCCCCCCCN1CCN(CCCCCCCC/C=C\CCCCCCCC)CC1. The molecule has 2 heteroatoms. The molecule has 1 fully saturated rings. The van der Waals surface area contributed by atoms with Gasteiger partial charge in [0, 0.05) is 26.2 Å². The summed E-state index contributed by atoms with van der Waals surface area (Å²) in [6, 6.07) is 0. The van der Waals surface area contributed by atoms with Crippen LogP contribution in [0.2, 0.25) is 0 Å². The van der Waals surface area contributed by atoms with Crippen LogP contribution in [0.5, 0.6) is 0 Å². The first kappa shape index (κ1) is 39.4. The summed E-state index contributed by atoms with van der Waals surface area (Å²) < 4.78 is 0. The van der Waals surface area contributed by atoms with E-state index in [1.807, 2.05) is 0 Å². The van der Waals surface area contributed by atoms with E-state index in [0.717, 1.165) is 0 Å². The number of unbranched alkanes of at least 4 members (excludes halogenated alkanes) is 24. The van der Waals surface area contributed by atoms with Gasteiger partial charge in [-0.05, 0) is 77.3 Å². The van der Waals surface area contributed by atoms with Crippen LogP contribution in [0.25, 0.3) is 0 Å². The molecule has 1 rings (SSSR count). The Labute approximate surface area is 266 Å². The summed E-state index contributed by atoms with van der Waals surface area (Å²) in [7, 11) is 0. The van der Waals surface area contributed by atoms with E-state index in [0.29, 0.717) is 0 Å². The van der Waals surface area contributed by atoms with Crippen molar-refractivity contribution in [2.45, 2.75) is 194 Å². The van der Waals surface area contributed by atoms with Crippen molar-refractivity contribution >= 4 is 0 Å². The van der Waals surface area contributed by atoms with Gasteiger partial charge in [0.2, 0.25) is 0 Å². The Hall–Kier alpha value is -0.600. The van der Waals surface area contributed by atoms with Gasteiger partial charge in [0.25, 0.3) is 0 Å². The average molecular weight is 587 g/mol. The van der Waals surface area contributed by atoms with Crippen LogP contribution in [-0.2, 0) is 0 Å². The van der Waals surface area contributed by atoms with Crippen molar-refractivity contribution < 1.29 is 0 Å². The lowest BCUT2D eigenvalue weighted by atomic mass is 10.1. The van der Waals surface area contributed by atoms with Gasteiger partial charge in [-0.2, -0.15) is 0 Å². The van der Waals surface area contributed by atoms with Gasteiger partial charge in [-0.3, -0.25) is 0 Å². The molecule has 0 atom stereocenters. The third kappa shape index (κ3) is 28.2. The maximum atomic E-state index is 2.73. The first-order valence-corrected chi connectivity index (χ1v) is 19.6. The van der Waals surface area contributed by atoms with E-state index < -0.39 is 0 Å². The molecule has 0 radical (unpaired) electrons. The standard InChI is InChI=1S/C40H78N2/c1-3-5-7-9-11-13-15-17-19-21-23-25-27-29-31-33-35-41-37-39-42(40-38-41)36-34-32-30-28-26-24-22-20-18-16-14-12-10-8-6-4-2/h17-20H,3-16,21-40H2,1-2H3/b19-17-,20-18-. The number of allylic oxidation sites excluding steroid dienone is 4. The van der Waals surface area contributed by atoms with Crippen LogP contribution in [-0.4, -0.2) is 49.1 Å². The number of nitrogens with zero attached hydrogens (tertiary/aromatic N) is 2. The zero-order chi connectivity index (χ0) is 30.0. The van der Waals surface area contributed by atoms with E-state index in [4.69, 9.17) is 0 Å². The summed E-state index contributed by atoms with van der Waals surface area (Å²) in [6.07, 6.45) is 49.1. The first-order valence-electron chi connectivity index (χ1n) is 19.6. The molecule has 0 aromatic carbocycles. The average Bonchev–Trinajstić information content (AvgIpc) is 3.01. The molecule has 0 aliphatic carbocycles. The molecule has 0 saturated carbocycles. The third-order valence-electron chi connectivity index (χ3n) is 9.44. The molecule has 1 aliphatic heterocycles. The van der Waals surface area contributed by atoms with Crippen molar-refractivity contribution in [1.82, 2.24) is 9.80 Å². The monoisotopic (exact) mass is 587 g/mol. The van der Waals surface area contributed by atoms with E-state index in [9.17, 15) is 0 Å². The van der Waals surface area contributed by atoms with E-state index in [1.54, 1.807) is 0 Å². The molecule has 2 nitrogen and oxygen atoms in total. The Bertz CT molecular complexity index is 510. The minimum absolute atomic E-state index is 1.30. The molecule has 1 saturated heterocycles. The van der Waals surface area contributed by atoms with Gasteiger partial charge < -0.3 is 9.80 Å². The van der Waals surface area contributed by atoms with Crippen molar-refractivity contribution in [3.63, 3.8) is 0 Å². The molecule has 0 bridgehead atoms. The molecule has 0 aromatic heterocycles. The highest BCUT2D eigenvalue weighted by atomic mass is 15.3. The minimum Gasteiger partial charge on any atom is -0.301 e. The van der Waals surface area contributed by atoms with Gasteiger partial charge in [0.15, 0.2) is 0 Å². The number of rotatable bonds is 32. The quantitative estimate of drug-likeness (QED) is 0.0571. The lowest BCUT2D eigenvalue weighted by Gasteiger charge is -2.34. The van der Waals surface area contributed by atoms with Crippen molar-refractivity contribution in [3.05, 3.63) is 24.3 Å². The Morgan fingerprint density at radius 2 is 0.548 bits per heavy atom. The first-order chi connectivity index (χ1) is 20.9. The summed E-state index contributed by atoms with van der Waals surface area (Å²) in [5, 5.41) is 0. The Morgan fingerprint density at radius 3 is 0.833 bits per heavy atom. The second kappa shape index (κ2) is 33.3. The summed E-state index contributed by atoms with van der Waals surface area (Å²) in [4.78, 5) is 5.46. The lowest BCUT2D eigenvalue weighted by Crippen LogP contribution is -2.46. The van der Waals surface area contributed by atoms with Crippen LogP contribution < -0.4 is 0 Å². The fraction of sp³-hybridized carbons (Fsp3) is 0.900. The smallest absolute Gasteiger partial charge is 0.0110 e. The predicted octanol–water partition coefficient (Wildman–Crippen LogP) is 12.7. The van der Waals surface area contributed by atoms with Crippen LogP contribution in [0.4, 0.5) is 0 Å². The van der Waals surface area contributed by atoms with Gasteiger partial charge in [-0.1, -0.05) is 154 Å². The molecule has 42 heavy (non-hydrogen) atoms. The van der Waals surface area contributed by atoms with Crippen LogP contribution in [0.1, 0.15) is 194 Å². The number of hydrogen-bond donors (Lipinski definition) is 0. The van der Waals surface area contributed by atoms with Crippen molar-refractivity contribution in [3.8, 4) is 0 Å². The van der Waals surface area contributed by atoms with Crippen molar-refractivity contribution in [2.24, 2.45) is 0 Å². The highest BCUT2D eigenvalue weighted by molar-refractivity contribution is 4.82. The largest absolute Gasteiger partial charge is 0.301 e. The van der Waals surface area contributed by atoms with Crippen molar-refractivity contribution in [2.75, 3.05) is 39.3 Å². The van der Waals surface area contributed by atoms with Crippen LogP contribution in [0.15, 0.2) is 24.3 Å². The van der Waals surface area contributed by atoms with Gasteiger partial charge in [-0.25, -0.2) is 0 Å². The van der Waals surface area contributed by atoms with Gasteiger partial charge in [0.1, 0.15) is 0 Å². The van der Waals surface area contributed by atoms with E-state index in [-0.39, 0.29) is 0 Å². The van der Waals surface area contributed by atoms with Crippen molar-refractivity contribution in [1.29, 1.82) is 0 Å². The predicted molar refractivity (Wildman–Crippen MR) is 192 cm³/mol. The van der Waals surface area contributed by atoms with E-state index >= 15 is 0 Å². The zero-order valence-electron chi connectivity index (χ0n) is 29.2. The molecular formula is C40H78N2. The molecule has 0 aromatic rings. The highest BCUT2D eigenvalue weighted by Crippen LogP contribution is 2.13. The molecule has 1 aliphatic rings. The normalized spacial score (nSPS) is 15.1. The molecular weight excluding hydrogens is 508 g/mol. The van der Waals surface area contributed by atoms with Gasteiger partial charge in [0.05, 0.1) is 0 Å². The minimum atomic E-state index is 1.30. The molecule has 0 N–H and O–H groups in total. The Morgan fingerprint density at radius 1 is 0.310 bits per heavy atom. The third-order valence-corrected chi connectivity index (χ3v) is 9.44. The summed E-state index contributed by atoms with van der Waals surface area (Å²) in [5.74, 6) is 0. The molecule has 1 heterocycles. The van der Waals surface area contributed by atoms with Crippen LogP contribution in [0.3, 0.4) is 0 Å². The second-order valence-electron chi connectivity index (χ2n) is 13.6. The highest BCUT2D eigenvalue weighted by Gasteiger charge is 2.15. The van der Waals surface area contributed by atoms with E-state index in [2.05, 4.69) is 48.0 Å². The summed E-state index contributed by atoms with van der Waals surface area (Å²) in [5.41, 5.74) is 0. The topological polar surface area (TPSA) is 6.48 Å². The maximum Gasteiger partial charge on any atom is 0.0110 e. The summed E-state index contributed by atoms with van der Waals surface area (Å²) in [6.45, 7) is 12.5. The zero-order valence-corrected chi connectivity index (χ0v) is 29.2. The van der Waals surface area contributed by atoms with Crippen LogP contribution in [0, 0.1) is 0 Å². The fourth-order valence-corrected chi connectivity index (χ4v) is 6.40. The summed E-state index contributed by atoms with van der Waals surface area (Å²) >= 11 is 0. The number of hydrogen-bond acceptors (Lipinski definition) is 2. The Kier molecular flexibility index (Phi) is 31.3. The molecule has 0 spiro atoms. The van der Waals surface area contributed by atoms with E-state index in [1.165, 1.54) is 219 Å². The number of piperazine rings is 1. The Balaban J connectivity index is 1.77. The van der Waals surface area contributed by atoms with Gasteiger partial charge in [-0.15, -0.1) is 0 Å².